The summed E-state index contributed by atoms with van der Waals surface area (Å²) in [5.74, 6) is -2.67. The Balaban J connectivity index is 2.40. The minimum Gasteiger partial charge on any atom is -0.503 e. The lowest BCUT2D eigenvalue weighted by molar-refractivity contribution is -0.261. The van der Waals surface area contributed by atoms with Gasteiger partial charge < -0.3 is 19.3 Å². The van der Waals surface area contributed by atoms with Gasteiger partial charge in [-0.05, 0) is 46.6 Å². The Hall–Kier alpha value is -2.02. The lowest BCUT2D eigenvalue weighted by Gasteiger charge is -2.42. The molecule has 136 valence electrons. The molecule has 1 heterocycles. The molecule has 0 unspecified atom stereocenters. The number of benzene rings is 1. The Kier molecular flexibility index (Phi) is 5.18. The summed E-state index contributed by atoms with van der Waals surface area (Å²) in [6.07, 6.45) is 1.35. The Morgan fingerprint density at radius 3 is 2.28 bits per heavy atom. The molecule has 0 bridgehead atoms. The van der Waals surface area contributed by atoms with E-state index in [4.69, 9.17) is 14.2 Å². The number of carbonyl (C=O) groups excluding carboxylic acids is 2. The molecule has 1 saturated heterocycles. The van der Waals surface area contributed by atoms with Gasteiger partial charge in [0.25, 0.3) is 5.79 Å². The summed E-state index contributed by atoms with van der Waals surface area (Å²) in [5, 5.41) is 9.95. The van der Waals surface area contributed by atoms with E-state index in [2.05, 4.69) is 15.9 Å². The standard InChI is InChI=1S/C18H21BrO6/c1-6-23-13-9-10(8-12(19)14(13)20)7-11-15(21)24-18(5,17(2,3)4)25-16(11)22/h7-9,20H,6H2,1-5H3. The van der Waals surface area contributed by atoms with Crippen LogP contribution in [0, 0.1) is 5.41 Å². The van der Waals surface area contributed by atoms with Crippen LogP contribution >= 0.6 is 15.9 Å². The summed E-state index contributed by atoms with van der Waals surface area (Å²) in [5.41, 5.74) is -0.314. The van der Waals surface area contributed by atoms with Crippen LogP contribution in [0.2, 0.25) is 0 Å². The number of carbonyl (C=O) groups is 2. The highest BCUT2D eigenvalue weighted by Crippen LogP contribution is 2.40. The molecule has 0 aromatic heterocycles. The number of aromatic hydroxyl groups is 1. The maximum absolute atomic E-state index is 12.4. The normalized spacial score (nSPS) is 20.8. The highest BCUT2D eigenvalue weighted by Gasteiger charge is 2.50. The van der Waals surface area contributed by atoms with E-state index >= 15 is 0 Å². The average Bonchev–Trinajstić information content (AvgIpc) is 2.47. The van der Waals surface area contributed by atoms with Crippen molar-refractivity contribution in [3.63, 3.8) is 0 Å². The molecule has 0 atom stereocenters. The van der Waals surface area contributed by atoms with Crippen molar-refractivity contribution < 1.29 is 28.9 Å². The van der Waals surface area contributed by atoms with Gasteiger partial charge >= 0.3 is 11.9 Å². The predicted molar refractivity (Wildman–Crippen MR) is 95.0 cm³/mol. The molecule has 0 amide bonds. The molecule has 1 aliphatic rings. The Morgan fingerprint density at radius 2 is 1.80 bits per heavy atom. The van der Waals surface area contributed by atoms with E-state index in [-0.39, 0.29) is 17.1 Å². The van der Waals surface area contributed by atoms with Crippen molar-refractivity contribution in [2.75, 3.05) is 6.61 Å². The third-order valence-electron chi connectivity index (χ3n) is 4.04. The third kappa shape index (κ3) is 3.81. The number of ether oxygens (including phenoxy) is 3. The Labute approximate surface area is 154 Å². The van der Waals surface area contributed by atoms with E-state index in [0.29, 0.717) is 16.6 Å². The van der Waals surface area contributed by atoms with Crippen LogP contribution in [0.3, 0.4) is 0 Å². The number of hydrogen-bond acceptors (Lipinski definition) is 6. The van der Waals surface area contributed by atoms with Crippen molar-refractivity contribution in [2.24, 2.45) is 5.41 Å². The number of rotatable bonds is 3. The highest BCUT2D eigenvalue weighted by atomic mass is 79.9. The molecule has 0 saturated carbocycles. The molecule has 1 N–H and O–H groups in total. The molecule has 1 fully saturated rings. The van der Waals surface area contributed by atoms with Crippen molar-refractivity contribution in [1.82, 2.24) is 0 Å². The summed E-state index contributed by atoms with van der Waals surface area (Å²) < 4.78 is 16.5. The van der Waals surface area contributed by atoms with Crippen LogP contribution in [-0.2, 0) is 19.1 Å². The number of halogens is 1. The average molecular weight is 413 g/mol. The molecule has 1 aromatic carbocycles. The van der Waals surface area contributed by atoms with Gasteiger partial charge in [0.15, 0.2) is 11.5 Å². The minimum absolute atomic E-state index is 0.0573. The maximum atomic E-state index is 12.4. The van der Waals surface area contributed by atoms with Crippen LogP contribution < -0.4 is 4.74 Å². The summed E-state index contributed by atoms with van der Waals surface area (Å²) in [4.78, 5) is 24.7. The molecule has 2 rings (SSSR count). The van der Waals surface area contributed by atoms with E-state index < -0.39 is 23.1 Å². The van der Waals surface area contributed by atoms with E-state index in [1.807, 2.05) is 20.8 Å². The molecule has 25 heavy (non-hydrogen) atoms. The fraction of sp³-hybridized carbons (Fsp3) is 0.444. The first-order valence-electron chi connectivity index (χ1n) is 7.82. The van der Waals surface area contributed by atoms with Gasteiger partial charge in [0, 0.05) is 12.3 Å². The molecular weight excluding hydrogens is 392 g/mol. The van der Waals surface area contributed by atoms with Gasteiger partial charge in [-0.2, -0.15) is 0 Å². The molecule has 7 heteroatoms. The molecule has 6 nitrogen and oxygen atoms in total. The van der Waals surface area contributed by atoms with E-state index in [0.717, 1.165) is 0 Å². The van der Waals surface area contributed by atoms with Gasteiger partial charge in [-0.3, -0.25) is 0 Å². The van der Waals surface area contributed by atoms with Crippen molar-refractivity contribution in [2.45, 2.75) is 40.4 Å². The molecule has 0 radical (unpaired) electrons. The summed E-state index contributed by atoms with van der Waals surface area (Å²) >= 11 is 3.21. The minimum atomic E-state index is -1.34. The van der Waals surface area contributed by atoms with Crippen molar-refractivity contribution in [3.05, 3.63) is 27.7 Å². The third-order valence-corrected chi connectivity index (χ3v) is 4.64. The first-order valence-corrected chi connectivity index (χ1v) is 8.61. The SMILES string of the molecule is CCOc1cc(C=C2C(=O)OC(C)(C(C)(C)C)OC2=O)cc(Br)c1O. The lowest BCUT2D eigenvalue weighted by Crippen LogP contribution is -2.52. The monoisotopic (exact) mass is 412 g/mol. The van der Waals surface area contributed by atoms with Gasteiger partial charge in [-0.25, -0.2) is 9.59 Å². The van der Waals surface area contributed by atoms with Crippen molar-refractivity contribution in [3.8, 4) is 11.5 Å². The summed E-state index contributed by atoms with van der Waals surface area (Å²) in [6, 6.07) is 3.08. The van der Waals surface area contributed by atoms with Crippen LogP contribution in [0.1, 0.15) is 40.2 Å². The number of phenols is 1. The van der Waals surface area contributed by atoms with Crippen molar-refractivity contribution >= 4 is 33.9 Å². The number of hydrogen-bond donors (Lipinski definition) is 1. The van der Waals surface area contributed by atoms with Gasteiger partial charge in [0.1, 0.15) is 5.57 Å². The maximum Gasteiger partial charge on any atom is 0.348 e. The number of cyclic esters (lactones) is 2. The largest absolute Gasteiger partial charge is 0.503 e. The van der Waals surface area contributed by atoms with Gasteiger partial charge in [-0.15, -0.1) is 0 Å². The second kappa shape index (κ2) is 6.71. The van der Waals surface area contributed by atoms with Crippen LogP contribution in [0.4, 0.5) is 0 Å². The van der Waals surface area contributed by atoms with Crippen LogP contribution in [0.25, 0.3) is 6.08 Å². The van der Waals surface area contributed by atoms with E-state index in [9.17, 15) is 14.7 Å². The molecule has 1 aromatic rings. The molecule has 1 aliphatic heterocycles. The van der Waals surface area contributed by atoms with Crippen LogP contribution in [-0.4, -0.2) is 29.4 Å². The Morgan fingerprint density at radius 1 is 1.24 bits per heavy atom. The van der Waals surface area contributed by atoms with E-state index in [1.165, 1.54) is 12.1 Å². The van der Waals surface area contributed by atoms with E-state index in [1.54, 1.807) is 19.9 Å². The fourth-order valence-electron chi connectivity index (χ4n) is 2.10. The lowest BCUT2D eigenvalue weighted by atomic mass is 9.85. The molecular formula is C18H21BrO6. The Bertz CT molecular complexity index is 725. The highest BCUT2D eigenvalue weighted by molar-refractivity contribution is 9.10. The fourth-order valence-corrected chi connectivity index (χ4v) is 2.56. The summed E-state index contributed by atoms with van der Waals surface area (Å²) in [7, 11) is 0. The van der Waals surface area contributed by atoms with Crippen molar-refractivity contribution in [1.29, 1.82) is 0 Å². The van der Waals surface area contributed by atoms with Crippen LogP contribution in [0.5, 0.6) is 11.5 Å². The zero-order valence-corrected chi connectivity index (χ0v) is 16.4. The predicted octanol–water partition coefficient (Wildman–Crippen LogP) is 3.80. The second-order valence-electron chi connectivity index (χ2n) is 6.82. The topological polar surface area (TPSA) is 82.1 Å². The molecule has 0 aliphatic carbocycles. The number of phenolic OH excluding ortho intramolecular Hbond substituents is 1. The van der Waals surface area contributed by atoms with Crippen LogP contribution in [0.15, 0.2) is 22.2 Å². The summed E-state index contributed by atoms with van der Waals surface area (Å²) in [6.45, 7) is 9.13. The zero-order valence-electron chi connectivity index (χ0n) is 14.8. The zero-order chi connectivity index (χ0) is 19.0. The second-order valence-corrected chi connectivity index (χ2v) is 7.67. The van der Waals surface area contributed by atoms with Gasteiger partial charge in [0.05, 0.1) is 11.1 Å². The van der Waals surface area contributed by atoms with Gasteiger partial charge in [-0.1, -0.05) is 20.8 Å². The first-order chi connectivity index (χ1) is 11.5. The molecule has 0 spiro atoms. The smallest absolute Gasteiger partial charge is 0.348 e. The number of esters is 2. The quantitative estimate of drug-likeness (QED) is 0.461. The van der Waals surface area contributed by atoms with Gasteiger partial charge in [0.2, 0.25) is 0 Å². The first kappa shape index (κ1) is 19.3.